The van der Waals surface area contributed by atoms with Gasteiger partial charge in [-0.05, 0) is 5.56 Å². The predicted molar refractivity (Wildman–Crippen MR) is 93.9 cm³/mol. The number of primary amides is 1. The number of alkyl carbamates (subject to hydrolysis) is 1. The summed E-state index contributed by atoms with van der Waals surface area (Å²) in [6, 6.07) is 8.61. The highest BCUT2D eigenvalue weighted by Gasteiger charge is 2.41. The van der Waals surface area contributed by atoms with Crippen molar-refractivity contribution in [3.63, 3.8) is 0 Å². The lowest BCUT2D eigenvalue weighted by Crippen LogP contribution is -2.57. The fraction of sp³-hybridized carbons (Fsp3) is 0.400. The molecule has 1 atom stereocenters. The van der Waals surface area contributed by atoms with Gasteiger partial charge >= 0.3 is 12.1 Å². The van der Waals surface area contributed by atoms with Gasteiger partial charge in [0.25, 0.3) is 10.1 Å². The van der Waals surface area contributed by atoms with Crippen molar-refractivity contribution in [1.82, 2.24) is 5.32 Å². The third-order valence-corrected chi connectivity index (χ3v) is 3.73. The Hall–Kier alpha value is -2.37. The summed E-state index contributed by atoms with van der Waals surface area (Å²) in [5.74, 6) is -2.49. The van der Waals surface area contributed by atoms with Crippen molar-refractivity contribution >= 4 is 39.7 Å². The van der Waals surface area contributed by atoms with E-state index in [1.54, 1.807) is 30.3 Å². The minimum atomic E-state index is -4.20. The van der Waals surface area contributed by atoms with E-state index in [-0.39, 0.29) is 6.61 Å². The van der Waals surface area contributed by atoms with Crippen LogP contribution in [0.3, 0.4) is 0 Å². The Bertz CT molecular complexity index is 771. The van der Waals surface area contributed by atoms with E-state index in [0.717, 1.165) is 0 Å². The number of esters is 1. The highest BCUT2D eigenvalue weighted by atomic mass is 35.5. The highest BCUT2D eigenvalue weighted by molar-refractivity contribution is 7.86. The molecule has 1 aromatic rings. The van der Waals surface area contributed by atoms with E-state index in [4.69, 9.17) is 31.0 Å². The molecule has 0 aliphatic heterocycles. The molecule has 0 spiro atoms. The molecule has 1 aromatic carbocycles. The van der Waals surface area contributed by atoms with Crippen LogP contribution < -0.4 is 11.1 Å². The zero-order valence-electron chi connectivity index (χ0n) is 14.3. The van der Waals surface area contributed by atoms with Gasteiger partial charge in [0.15, 0.2) is 0 Å². The van der Waals surface area contributed by atoms with Crippen LogP contribution in [0.25, 0.3) is 0 Å². The van der Waals surface area contributed by atoms with Crippen molar-refractivity contribution in [2.24, 2.45) is 5.73 Å². The topological polar surface area (TPSA) is 151 Å². The SMILES string of the molecule is CS(=O)(=O)O[C@](COC(=O)CCl)(CC(N)=O)NC(=O)OCc1ccccc1. The summed E-state index contributed by atoms with van der Waals surface area (Å²) in [5.41, 5.74) is 3.48. The number of amides is 2. The van der Waals surface area contributed by atoms with Crippen LogP contribution in [-0.4, -0.2) is 50.9 Å². The lowest BCUT2D eigenvalue weighted by Gasteiger charge is -2.31. The third kappa shape index (κ3) is 9.22. The van der Waals surface area contributed by atoms with Crippen LogP contribution in [0.1, 0.15) is 12.0 Å². The molecule has 0 unspecified atom stereocenters. The number of nitrogens with two attached hydrogens (primary N) is 1. The number of carbonyl (C=O) groups excluding carboxylic acids is 3. The molecule has 10 nitrogen and oxygen atoms in total. The van der Waals surface area contributed by atoms with Gasteiger partial charge in [-0.3, -0.25) is 14.9 Å². The second kappa shape index (κ2) is 10.1. The fourth-order valence-electron chi connectivity index (χ4n) is 1.96. The first-order valence-corrected chi connectivity index (χ1v) is 9.80. The molecule has 1 rings (SSSR count). The summed E-state index contributed by atoms with van der Waals surface area (Å²) in [6.45, 7) is -0.978. The zero-order chi connectivity index (χ0) is 20.5. The number of benzene rings is 1. The van der Waals surface area contributed by atoms with Gasteiger partial charge in [-0.2, -0.15) is 8.42 Å². The predicted octanol–water partition coefficient (Wildman–Crippen LogP) is 0.243. The molecule has 0 bridgehead atoms. The van der Waals surface area contributed by atoms with Gasteiger partial charge in [-0.25, -0.2) is 8.98 Å². The zero-order valence-corrected chi connectivity index (χ0v) is 15.9. The minimum Gasteiger partial charge on any atom is -0.460 e. The molecular weight excluding hydrogens is 404 g/mol. The third-order valence-electron chi connectivity index (χ3n) is 2.89. The molecular formula is C15H19ClN2O8S. The van der Waals surface area contributed by atoms with Crippen molar-refractivity contribution in [1.29, 1.82) is 0 Å². The molecule has 2 amide bonds. The van der Waals surface area contributed by atoms with E-state index in [1.807, 2.05) is 0 Å². The maximum absolute atomic E-state index is 12.1. The summed E-state index contributed by atoms with van der Waals surface area (Å²) >= 11 is 5.31. The number of ether oxygens (including phenoxy) is 2. The average Bonchev–Trinajstić information content (AvgIpc) is 2.56. The number of hydrogen-bond donors (Lipinski definition) is 2. The van der Waals surface area contributed by atoms with Crippen LogP contribution in [0.2, 0.25) is 0 Å². The maximum Gasteiger partial charge on any atom is 0.409 e. The lowest BCUT2D eigenvalue weighted by molar-refractivity contribution is -0.150. The van der Waals surface area contributed by atoms with E-state index in [1.165, 1.54) is 0 Å². The molecule has 0 fully saturated rings. The van der Waals surface area contributed by atoms with Crippen LogP contribution in [0, 0.1) is 0 Å². The molecule has 0 radical (unpaired) electrons. The van der Waals surface area contributed by atoms with Crippen molar-refractivity contribution in [3.05, 3.63) is 35.9 Å². The number of halogens is 1. The van der Waals surface area contributed by atoms with Crippen LogP contribution >= 0.6 is 11.6 Å². The Balaban J connectivity index is 2.95. The van der Waals surface area contributed by atoms with E-state index in [2.05, 4.69) is 5.32 Å². The first kappa shape index (κ1) is 22.7. The number of alkyl halides is 1. The number of nitrogens with one attached hydrogen (secondary N) is 1. The van der Waals surface area contributed by atoms with Crippen molar-refractivity contribution < 1.29 is 36.5 Å². The summed E-state index contributed by atoms with van der Waals surface area (Å²) in [5, 5.41) is 2.08. The molecule has 0 saturated carbocycles. The Labute approximate surface area is 161 Å². The van der Waals surface area contributed by atoms with Crippen molar-refractivity contribution in [2.75, 3.05) is 18.7 Å². The van der Waals surface area contributed by atoms with Gasteiger partial charge in [-0.15, -0.1) is 11.6 Å². The van der Waals surface area contributed by atoms with Gasteiger partial charge in [0.2, 0.25) is 11.6 Å². The summed E-state index contributed by atoms with van der Waals surface area (Å²) in [7, 11) is -4.20. The van der Waals surface area contributed by atoms with E-state index < -0.39 is 52.7 Å². The van der Waals surface area contributed by atoms with Crippen LogP contribution in [-0.2, 0) is 40.0 Å². The van der Waals surface area contributed by atoms with Crippen LogP contribution in [0.5, 0.6) is 0 Å². The monoisotopic (exact) mass is 422 g/mol. The largest absolute Gasteiger partial charge is 0.460 e. The van der Waals surface area contributed by atoms with Crippen LogP contribution in [0.4, 0.5) is 4.79 Å². The van der Waals surface area contributed by atoms with Gasteiger partial charge < -0.3 is 15.2 Å². The fourth-order valence-corrected chi connectivity index (χ4v) is 2.76. The van der Waals surface area contributed by atoms with Crippen molar-refractivity contribution in [2.45, 2.75) is 18.8 Å². The van der Waals surface area contributed by atoms with Gasteiger partial charge in [0.1, 0.15) is 19.1 Å². The Morgan fingerprint density at radius 1 is 1.19 bits per heavy atom. The molecule has 27 heavy (non-hydrogen) atoms. The molecule has 0 aliphatic carbocycles. The lowest BCUT2D eigenvalue weighted by atomic mass is 10.1. The Morgan fingerprint density at radius 2 is 1.81 bits per heavy atom. The summed E-state index contributed by atoms with van der Waals surface area (Å²) < 4.78 is 37.6. The van der Waals surface area contributed by atoms with Gasteiger partial charge in [-0.1, -0.05) is 30.3 Å². The molecule has 0 heterocycles. The smallest absolute Gasteiger partial charge is 0.409 e. The van der Waals surface area contributed by atoms with E-state index in [0.29, 0.717) is 11.8 Å². The number of hydrogen-bond acceptors (Lipinski definition) is 8. The van der Waals surface area contributed by atoms with Gasteiger partial charge in [0.05, 0.1) is 12.7 Å². The molecule has 0 saturated heterocycles. The average molecular weight is 423 g/mol. The Morgan fingerprint density at radius 3 is 2.33 bits per heavy atom. The highest BCUT2D eigenvalue weighted by Crippen LogP contribution is 2.18. The first-order valence-electron chi connectivity index (χ1n) is 7.44. The molecule has 3 N–H and O–H groups in total. The molecule has 0 aliphatic rings. The number of carbonyl (C=O) groups is 3. The molecule has 0 aromatic heterocycles. The van der Waals surface area contributed by atoms with Crippen molar-refractivity contribution in [3.8, 4) is 0 Å². The second-order valence-electron chi connectivity index (χ2n) is 5.41. The quantitative estimate of drug-likeness (QED) is 0.235. The Kier molecular flexibility index (Phi) is 8.47. The van der Waals surface area contributed by atoms with Crippen LogP contribution in [0.15, 0.2) is 30.3 Å². The normalized spacial score (nSPS) is 13.3. The molecule has 150 valence electrons. The second-order valence-corrected chi connectivity index (χ2v) is 7.25. The van der Waals surface area contributed by atoms with E-state index in [9.17, 15) is 22.8 Å². The minimum absolute atomic E-state index is 0.139. The maximum atomic E-state index is 12.1. The summed E-state index contributed by atoms with van der Waals surface area (Å²) in [4.78, 5) is 34.7. The van der Waals surface area contributed by atoms with E-state index >= 15 is 0 Å². The molecule has 12 heteroatoms. The first-order chi connectivity index (χ1) is 12.6. The standard InChI is InChI=1S/C15H19ClN2O8S/c1-27(22,23)26-15(7-12(17)19,10-25-13(20)8-16)18-14(21)24-9-11-5-3-2-4-6-11/h2-6H,7-10H2,1H3,(H2,17,19)(H,18,21)/t15-/m0/s1. The summed E-state index contributed by atoms with van der Waals surface area (Å²) in [6.07, 6.45) is -1.25. The van der Waals surface area contributed by atoms with Gasteiger partial charge in [0, 0.05) is 0 Å². The number of rotatable bonds is 10.